The van der Waals surface area contributed by atoms with Crippen molar-refractivity contribution >= 4 is 16.8 Å². The number of rotatable bonds is 4. The van der Waals surface area contributed by atoms with Crippen LogP contribution in [0.25, 0.3) is 10.9 Å². The molecule has 2 N–H and O–H groups in total. The Bertz CT molecular complexity index is 1030. The van der Waals surface area contributed by atoms with Crippen LogP contribution in [0.4, 0.5) is 0 Å². The number of carbonyl (C=O) groups excluding carboxylic acids is 1. The average molecular weight is 327 g/mol. The Hall–Kier alpha value is -3.16. The number of aromatic nitrogens is 4. The normalized spacial score (nSPS) is 10.9. The highest BCUT2D eigenvalue weighted by molar-refractivity contribution is 5.93. The molecule has 2 aromatic heterocycles. The molecule has 8 nitrogen and oxygen atoms in total. The minimum atomic E-state index is -0.709. The van der Waals surface area contributed by atoms with Crippen LogP contribution < -0.4 is 16.6 Å². The van der Waals surface area contributed by atoms with E-state index in [0.717, 1.165) is 27.7 Å². The number of aromatic amines is 1. The molecule has 0 fully saturated rings. The Kier molecular flexibility index (Phi) is 4.03. The molecule has 0 aliphatic carbocycles. The van der Waals surface area contributed by atoms with E-state index in [9.17, 15) is 14.4 Å². The van der Waals surface area contributed by atoms with Crippen LogP contribution in [0.3, 0.4) is 0 Å². The van der Waals surface area contributed by atoms with Crippen molar-refractivity contribution in [2.75, 3.05) is 0 Å². The SMILES string of the molecule is CCn1nc(CNC(=O)c2cn(C)c(=O)[nH]c2=O)c2ccccc21. The van der Waals surface area contributed by atoms with Crippen LogP contribution in [0.5, 0.6) is 0 Å². The summed E-state index contributed by atoms with van der Waals surface area (Å²) in [5.41, 5.74) is 0.325. The van der Waals surface area contributed by atoms with Gasteiger partial charge in [-0.25, -0.2) is 4.79 Å². The third-order valence-electron chi connectivity index (χ3n) is 3.80. The predicted molar refractivity (Wildman–Crippen MR) is 88.9 cm³/mol. The zero-order valence-electron chi connectivity index (χ0n) is 13.4. The van der Waals surface area contributed by atoms with Crippen molar-refractivity contribution < 1.29 is 4.79 Å². The van der Waals surface area contributed by atoms with Crippen molar-refractivity contribution in [1.29, 1.82) is 0 Å². The highest BCUT2D eigenvalue weighted by Crippen LogP contribution is 2.18. The first kappa shape index (κ1) is 15.7. The fraction of sp³-hybridized carbons (Fsp3) is 0.250. The van der Waals surface area contributed by atoms with Gasteiger partial charge in [0, 0.05) is 25.2 Å². The molecule has 1 amide bonds. The summed E-state index contributed by atoms with van der Waals surface area (Å²) < 4.78 is 3.01. The third kappa shape index (κ3) is 2.73. The van der Waals surface area contributed by atoms with E-state index in [1.165, 1.54) is 13.2 Å². The van der Waals surface area contributed by atoms with Crippen LogP contribution in [0, 0.1) is 0 Å². The molecule has 0 saturated heterocycles. The smallest absolute Gasteiger partial charge is 0.328 e. The highest BCUT2D eigenvalue weighted by Gasteiger charge is 2.14. The lowest BCUT2D eigenvalue weighted by Gasteiger charge is -2.04. The summed E-state index contributed by atoms with van der Waals surface area (Å²) in [6, 6.07) is 7.75. The minimum Gasteiger partial charge on any atom is -0.346 e. The second-order valence-electron chi connectivity index (χ2n) is 5.38. The molecule has 0 bridgehead atoms. The van der Waals surface area contributed by atoms with Gasteiger partial charge in [-0.1, -0.05) is 18.2 Å². The molecule has 0 aliphatic heterocycles. The Labute approximate surface area is 136 Å². The van der Waals surface area contributed by atoms with Crippen molar-refractivity contribution in [2.45, 2.75) is 20.0 Å². The van der Waals surface area contributed by atoms with Crippen LogP contribution in [0.15, 0.2) is 40.1 Å². The van der Waals surface area contributed by atoms with Crippen LogP contribution in [0.2, 0.25) is 0 Å². The van der Waals surface area contributed by atoms with Gasteiger partial charge in [0.2, 0.25) is 0 Å². The maximum absolute atomic E-state index is 12.2. The number of fused-ring (bicyclic) bond motifs is 1. The molecule has 0 radical (unpaired) electrons. The van der Waals surface area contributed by atoms with Gasteiger partial charge in [-0.2, -0.15) is 5.10 Å². The van der Waals surface area contributed by atoms with Crippen molar-refractivity contribution in [3.05, 3.63) is 62.6 Å². The number of hydrogen-bond donors (Lipinski definition) is 2. The van der Waals surface area contributed by atoms with Crippen LogP contribution in [-0.4, -0.2) is 25.2 Å². The van der Waals surface area contributed by atoms with E-state index in [0.29, 0.717) is 0 Å². The molecule has 0 saturated carbocycles. The van der Waals surface area contributed by atoms with Gasteiger partial charge in [0.25, 0.3) is 11.5 Å². The first-order chi connectivity index (χ1) is 11.5. The van der Waals surface area contributed by atoms with E-state index in [4.69, 9.17) is 0 Å². The highest BCUT2D eigenvalue weighted by atomic mass is 16.2. The van der Waals surface area contributed by atoms with Crippen molar-refractivity contribution in [1.82, 2.24) is 24.6 Å². The molecular weight excluding hydrogens is 310 g/mol. The molecule has 0 aliphatic rings. The number of nitrogens with zero attached hydrogens (tertiary/aromatic N) is 3. The number of H-pyrrole nitrogens is 1. The first-order valence-electron chi connectivity index (χ1n) is 7.54. The summed E-state index contributed by atoms with van der Waals surface area (Å²) >= 11 is 0. The van der Waals surface area contributed by atoms with Crippen LogP contribution >= 0.6 is 0 Å². The molecule has 0 spiro atoms. The number of amides is 1. The van der Waals surface area contributed by atoms with Gasteiger partial charge < -0.3 is 9.88 Å². The number of carbonyl (C=O) groups is 1. The predicted octanol–water partition coefficient (Wildman–Crippen LogP) is 0.373. The molecule has 0 atom stereocenters. The Morgan fingerprint density at radius 3 is 2.79 bits per heavy atom. The second-order valence-corrected chi connectivity index (χ2v) is 5.38. The molecular formula is C16H17N5O3. The molecule has 3 aromatic rings. The van der Waals surface area contributed by atoms with Gasteiger partial charge in [-0.05, 0) is 13.0 Å². The molecule has 0 unspecified atom stereocenters. The summed E-state index contributed by atoms with van der Waals surface area (Å²) in [4.78, 5) is 37.4. The van der Waals surface area contributed by atoms with Gasteiger partial charge in [0.15, 0.2) is 0 Å². The van der Waals surface area contributed by atoms with E-state index in [1.54, 1.807) is 0 Å². The lowest BCUT2D eigenvalue weighted by molar-refractivity contribution is 0.0948. The summed E-state index contributed by atoms with van der Waals surface area (Å²) in [7, 11) is 1.46. The summed E-state index contributed by atoms with van der Waals surface area (Å²) in [5.74, 6) is -0.554. The number of nitrogens with one attached hydrogen (secondary N) is 2. The Morgan fingerprint density at radius 1 is 1.29 bits per heavy atom. The average Bonchev–Trinajstić information content (AvgIpc) is 2.94. The van der Waals surface area contributed by atoms with Gasteiger partial charge in [-0.3, -0.25) is 19.3 Å². The van der Waals surface area contributed by atoms with E-state index < -0.39 is 17.2 Å². The van der Waals surface area contributed by atoms with Crippen LogP contribution in [-0.2, 0) is 20.1 Å². The number of benzene rings is 1. The lowest BCUT2D eigenvalue weighted by Crippen LogP contribution is -2.36. The number of para-hydroxylation sites is 1. The van der Waals surface area contributed by atoms with Gasteiger partial charge in [0.1, 0.15) is 5.56 Å². The summed E-state index contributed by atoms with van der Waals surface area (Å²) in [5, 5.41) is 8.12. The maximum Gasteiger partial charge on any atom is 0.328 e. The number of aryl methyl sites for hydroxylation is 2. The number of hydrogen-bond acceptors (Lipinski definition) is 4. The van der Waals surface area contributed by atoms with Gasteiger partial charge >= 0.3 is 5.69 Å². The summed E-state index contributed by atoms with van der Waals surface area (Å²) in [6.07, 6.45) is 1.22. The minimum absolute atomic E-state index is 0.115. The second kappa shape index (κ2) is 6.15. The largest absolute Gasteiger partial charge is 0.346 e. The van der Waals surface area contributed by atoms with Crippen molar-refractivity contribution in [3.63, 3.8) is 0 Å². The van der Waals surface area contributed by atoms with E-state index in [-0.39, 0.29) is 12.1 Å². The molecule has 2 heterocycles. The fourth-order valence-electron chi connectivity index (χ4n) is 2.55. The summed E-state index contributed by atoms with van der Waals surface area (Å²) in [6.45, 7) is 2.90. The Morgan fingerprint density at radius 2 is 2.04 bits per heavy atom. The molecule has 124 valence electrons. The van der Waals surface area contributed by atoms with Crippen LogP contribution in [0.1, 0.15) is 23.0 Å². The third-order valence-corrected chi connectivity index (χ3v) is 3.80. The van der Waals surface area contributed by atoms with E-state index >= 15 is 0 Å². The molecule has 1 aromatic carbocycles. The van der Waals surface area contributed by atoms with E-state index in [1.807, 2.05) is 35.9 Å². The monoisotopic (exact) mass is 327 g/mol. The zero-order chi connectivity index (χ0) is 17.3. The van der Waals surface area contributed by atoms with Crippen molar-refractivity contribution in [3.8, 4) is 0 Å². The quantitative estimate of drug-likeness (QED) is 0.723. The zero-order valence-corrected chi connectivity index (χ0v) is 13.4. The van der Waals surface area contributed by atoms with Gasteiger partial charge in [-0.15, -0.1) is 0 Å². The molecule has 24 heavy (non-hydrogen) atoms. The first-order valence-corrected chi connectivity index (χ1v) is 7.54. The maximum atomic E-state index is 12.2. The lowest BCUT2D eigenvalue weighted by atomic mass is 10.2. The standard InChI is InChI=1S/C16H17N5O3/c1-3-21-13-7-5-4-6-10(13)12(19-21)8-17-14(22)11-9-20(2)16(24)18-15(11)23/h4-7,9H,3,8H2,1-2H3,(H,17,22)(H,18,23,24). The van der Waals surface area contributed by atoms with Gasteiger partial charge in [0.05, 0.1) is 17.8 Å². The van der Waals surface area contributed by atoms with E-state index in [2.05, 4.69) is 15.4 Å². The Balaban J connectivity index is 1.86. The molecule has 3 rings (SSSR count). The van der Waals surface area contributed by atoms with Crippen molar-refractivity contribution in [2.24, 2.45) is 7.05 Å². The molecule has 8 heteroatoms. The fourth-order valence-corrected chi connectivity index (χ4v) is 2.55. The topological polar surface area (TPSA) is 102 Å².